The van der Waals surface area contributed by atoms with Gasteiger partial charge in [-0.15, -0.1) is 0 Å². The molecule has 1 aromatic heterocycles. The van der Waals surface area contributed by atoms with E-state index in [2.05, 4.69) is 9.71 Å². The van der Waals surface area contributed by atoms with Gasteiger partial charge in [-0.2, -0.15) is 0 Å². The molecule has 3 aromatic rings. The molecule has 0 amide bonds. The van der Waals surface area contributed by atoms with E-state index in [1.807, 2.05) is 18.9 Å². The molecule has 1 N–H and O–H groups in total. The number of nitrogens with one attached hydrogen (secondary N) is 1. The molecule has 2 aromatic carbocycles. The maximum Gasteiger partial charge on any atom is 0.270 e. The predicted molar refractivity (Wildman–Crippen MR) is 133 cm³/mol. The molecule has 0 spiro atoms. The Morgan fingerprint density at radius 1 is 1.15 bits per heavy atom. The fourth-order valence-electron chi connectivity index (χ4n) is 3.01. The van der Waals surface area contributed by atoms with E-state index < -0.39 is 14.9 Å². The van der Waals surface area contributed by atoms with Crippen molar-refractivity contribution in [3.05, 3.63) is 57.5 Å². The fraction of sp³-hybridized carbons (Fsp3) is 0.318. The van der Waals surface area contributed by atoms with E-state index in [9.17, 15) is 18.5 Å². The Morgan fingerprint density at radius 3 is 2.47 bits per heavy atom. The van der Waals surface area contributed by atoms with Gasteiger partial charge in [0.15, 0.2) is 16.6 Å². The zero-order valence-corrected chi connectivity index (χ0v) is 20.2. The molecule has 0 unspecified atom stereocenters. The molecule has 0 fully saturated rings. The molecular formula is C22H28N4O6S2. The molecule has 34 heavy (non-hydrogen) atoms. The molecule has 0 aliphatic carbocycles. The lowest BCUT2D eigenvalue weighted by molar-refractivity contribution is -0.384. The normalized spacial score (nSPS) is 11.1. The average molecular weight is 509 g/mol. The van der Waals surface area contributed by atoms with E-state index in [0.717, 1.165) is 11.4 Å². The van der Waals surface area contributed by atoms with Crippen LogP contribution in [0.2, 0.25) is 0 Å². The van der Waals surface area contributed by atoms with Gasteiger partial charge in [-0.05, 0) is 25.7 Å². The Hall–Kier alpha value is -3.22. The topological polar surface area (TPSA) is 124 Å². The highest BCUT2D eigenvalue weighted by molar-refractivity contribution is 7.93. The number of thiazole rings is 1. The summed E-state index contributed by atoms with van der Waals surface area (Å²) in [4.78, 5) is 18.0. The van der Waals surface area contributed by atoms with Crippen molar-refractivity contribution in [2.24, 2.45) is 0 Å². The minimum absolute atomic E-state index is 0. The van der Waals surface area contributed by atoms with Gasteiger partial charge in [0.1, 0.15) is 0 Å². The standard InChI is InChI=1S/C21H24N4O6S2.CH4/c1-5-24(2)13-19-20(14-7-6-8-15(11-14)25(26)27)22-21(32-19)23-33(28,29)16-9-10-17(30-3)18(12-16)31-4;/h6-12H,5,13H2,1-4H3,(H,22,23);1H4. The summed E-state index contributed by atoms with van der Waals surface area (Å²) in [6.45, 7) is 3.26. The number of ether oxygens (including phenoxy) is 2. The van der Waals surface area contributed by atoms with Crippen molar-refractivity contribution < 1.29 is 22.8 Å². The monoisotopic (exact) mass is 508 g/mol. The van der Waals surface area contributed by atoms with Gasteiger partial charge < -0.3 is 14.4 Å². The van der Waals surface area contributed by atoms with Crippen LogP contribution < -0.4 is 14.2 Å². The van der Waals surface area contributed by atoms with E-state index >= 15 is 0 Å². The van der Waals surface area contributed by atoms with Gasteiger partial charge in [-0.1, -0.05) is 37.8 Å². The average Bonchev–Trinajstić information content (AvgIpc) is 3.19. The smallest absolute Gasteiger partial charge is 0.270 e. The lowest BCUT2D eigenvalue weighted by atomic mass is 10.1. The molecule has 1 heterocycles. The van der Waals surface area contributed by atoms with Gasteiger partial charge in [0.25, 0.3) is 15.7 Å². The highest BCUT2D eigenvalue weighted by atomic mass is 32.2. The van der Waals surface area contributed by atoms with Crippen LogP contribution in [-0.2, 0) is 16.6 Å². The highest BCUT2D eigenvalue weighted by Gasteiger charge is 2.22. The number of methoxy groups -OCH3 is 2. The zero-order chi connectivity index (χ0) is 24.2. The van der Waals surface area contributed by atoms with Gasteiger partial charge in [0, 0.05) is 35.2 Å². The molecule has 0 radical (unpaired) electrons. The van der Waals surface area contributed by atoms with E-state index in [4.69, 9.17) is 9.47 Å². The first kappa shape index (κ1) is 27.0. The van der Waals surface area contributed by atoms with Crippen molar-refractivity contribution in [1.82, 2.24) is 9.88 Å². The number of nitro benzene ring substituents is 1. The first-order valence-electron chi connectivity index (χ1n) is 9.86. The minimum Gasteiger partial charge on any atom is -0.493 e. The molecule has 0 bridgehead atoms. The third-order valence-corrected chi connectivity index (χ3v) is 7.29. The van der Waals surface area contributed by atoms with E-state index in [0.29, 0.717) is 23.6 Å². The third-order valence-electron chi connectivity index (χ3n) is 4.87. The Labute approximate surface area is 203 Å². The first-order chi connectivity index (χ1) is 15.7. The number of nitrogens with zero attached hydrogens (tertiary/aromatic N) is 3. The second kappa shape index (κ2) is 11.3. The van der Waals surface area contributed by atoms with Gasteiger partial charge in [-0.3, -0.25) is 14.8 Å². The van der Waals surface area contributed by atoms with Crippen molar-refractivity contribution in [3.8, 4) is 22.8 Å². The molecule has 184 valence electrons. The molecule has 0 aliphatic rings. The van der Waals surface area contributed by atoms with Crippen LogP contribution in [-0.4, -0.2) is 51.0 Å². The summed E-state index contributed by atoms with van der Waals surface area (Å²) in [5.41, 5.74) is 0.966. The number of sulfonamides is 1. The number of aromatic nitrogens is 1. The Bertz CT molecular complexity index is 1260. The lowest BCUT2D eigenvalue weighted by Gasteiger charge is -2.13. The minimum atomic E-state index is -3.97. The summed E-state index contributed by atoms with van der Waals surface area (Å²) >= 11 is 1.18. The number of rotatable bonds is 10. The van der Waals surface area contributed by atoms with Crippen LogP contribution in [0.3, 0.4) is 0 Å². The number of benzene rings is 2. The molecule has 0 saturated carbocycles. The molecule has 0 atom stereocenters. The van der Waals surface area contributed by atoms with Gasteiger partial charge >= 0.3 is 0 Å². The number of nitro groups is 1. The number of hydrogen-bond acceptors (Lipinski definition) is 9. The molecule has 10 nitrogen and oxygen atoms in total. The van der Waals surface area contributed by atoms with Crippen LogP contribution in [0.25, 0.3) is 11.3 Å². The first-order valence-corrected chi connectivity index (χ1v) is 12.2. The number of hydrogen-bond donors (Lipinski definition) is 1. The fourth-order valence-corrected chi connectivity index (χ4v) is 5.32. The largest absolute Gasteiger partial charge is 0.493 e. The summed E-state index contributed by atoms with van der Waals surface area (Å²) in [6, 6.07) is 10.4. The third kappa shape index (κ3) is 6.01. The quantitative estimate of drug-likeness (QED) is 0.311. The predicted octanol–water partition coefficient (Wildman–Crippen LogP) is 4.62. The van der Waals surface area contributed by atoms with Crippen LogP contribution in [0, 0.1) is 10.1 Å². The van der Waals surface area contributed by atoms with Crippen molar-refractivity contribution in [1.29, 1.82) is 0 Å². The summed E-state index contributed by atoms with van der Waals surface area (Å²) < 4.78 is 38.9. The van der Waals surface area contributed by atoms with Gasteiger partial charge in [-0.25, -0.2) is 13.4 Å². The van der Waals surface area contributed by atoms with Crippen LogP contribution in [0.15, 0.2) is 47.4 Å². The Morgan fingerprint density at radius 2 is 1.85 bits per heavy atom. The van der Waals surface area contributed by atoms with Crippen molar-refractivity contribution in [2.75, 3.05) is 32.5 Å². The maximum absolute atomic E-state index is 13.0. The van der Waals surface area contributed by atoms with Crippen LogP contribution in [0.1, 0.15) is 19.2 Å². The number of non-ortho nitro benzene ring substituents is 1. The lowest BCUT2D eigenvalue weighted by Crippen LogP contribution is -2.16. The van der Waals surface area contributed by atoms with E-state index in [-0.39, 0.29) is 28.9 Å². The highest BCUT2D eigenvalue weighted by Crippen LogP contribution is 2.35. The molecule has 3 rings (SSSR count). The summed E-state index contributed by atoms with van der Waals surface area (Å²) in [6.07, 6.45) is 0. The SMILES string of the molecule is C.CCN(C)Cc1sc(NS(=O)(=O)c2ccc(OC)c(OC)c2)nc1-c1cccc([N+](=O)[O-])c1. The van der Waals surface area contributed by atoms with E-state index in [1.54, 1.807) is 12.1 Å². The van der Waals surface area contributed by atoms with Crippen LogP contribution >= 0.6 is 11.3 Å². The Balaban J connectivity index is 0.00000408. The maximum atomic E-state index is 13.0. The summed E-state index contributed by atoms with van der Waals surface area (Å²) in [7, 11) is 0.833. The summed E-state index contributed by atoms with van der Waals surface area (Å²) in [5, 5.41) is 11.4. The summed E-state index contributed by atoms with van der Waals surface area (Å²) in [5.74, 6) is 0.686. The zero-order valence-electron chi connectivity index (χ0n) is 18.6. The molecule has 0 saturated heterocycles. The van der Waals surface area contributed by atoms with Crippen molar-refractivity contribution in [2.45, 2.75) is 25.8 Å². The molecule has 0 aliphatic heterocycles. The second-order valence-corrected chi connectivity index (χ2v) is 9.82. The van der Waals surface area contributed by atoms with E-state index in [1.165, 1.54) is 55.9 Å². The van der Waals surface area contributed by atoms with Crippen LogP contribution in [0.5, 0.6) is 11.5 Å². The molecular weight excluding hydrogens is 480 g/mol. The van der Waals surface area contributed by atoms with Crippen molar-refractivity contribution >= 4 is 32.2 Å². The van der Waals surface area contributed by atoms with Crippen molar-refractivity contribution in [3.63, 3.8) is 0 Å². The van der Waals surface area contributed by atoms with Crippen LogP contribution in [0.4, 0.5) is 10.8 Å². The van der Waals surface area contributed by atoms with Gasteiger partial charge in [0.05, 0.1) is 29.7 Å². The van der Waals surface area contributed by atoms with Gasteiger partial charge in [0.2, 0.25) is 0 Å². The second-order valence-electron chi connectivity index (χ2n) is 7.05. The number of anilines is 1. The molecule has 12 heteroatoms. The Kier molecular flexibility index (Phi) is 8.96.